The number of nitrogens with zero attached hydrogens (tertiary/aromatic N) is 1. The highest BCUT2D eigenvalue weighted by molar-refractivity contribution is 5.85. The second kappa shape index (κ2) is 7.49. The van der Waals surface area contributed by atoms with Crippen molar-refractivity contribution < 1.29 is 0 Å². The number of hydrogen-bond donors (Lipinski definition) is 1. The summed E-state index contributed by atoms with van der Waals surface area (Å²) in [4.78, 5) is 2.68. The summed E-state index contributed by atoms with van der Waals surface area (Å²) in [5.74, 6) is 0. The number of fused-ring (bicyclic) bond motifs is 1. The summed E-state index contributed by atoms with van der Waals surface area (Å²) in [7, 11) is 0. The van der Waals surface area contributed by atoms with Crippen LogP contribution in [0.25, 0.3) is 0 Å². The van der Waals surface area contributed by atoms with E-state index < -0.39 is 0 Å². The quantitative estimate of drug-likeness (QED) is 0.858. The molecule has 1 aromatic rings. The van der Waals surface area contributed by atoms with E-state index in [-0.39, 0.29) is 24.8 Å². The van der Waals surface area contributed by atoms with Crippen molar-refractivity contribution in [2.75, 3.05) is 26.2 Å². The van der Waals surface area contributed by atoms with Crippen LogP contribution < -0.4 is 5.32 Å². The Morgan fingerprint density at radius 2 is 1.84 bits per heavy atom. The van der Waals surface area contributed by atoms with E-state index in [1.54, 1.807) is 11.1 Å². The number of halogens is 2. The third-order valence-corrected chi connectivity index (χ3v) is 4.23. The highest BCUT2D eigenvalue weighted by Crippen LogP contribution is 2.25. The maximum Gasteiger partial charge on any atom is 0.0140 e. The van der Waals surface area contributed by atoms with Gasteiger partial charge in [0.25, 0.3) is 0 Å². The molecule has 1 heterocycles. The second-order valence-electron chi connectivity index (χ2n) is 5.45. The molecule has 1 aromatic carbocycles. The van der Waals surface area contributed by atoms with Gasteiger partial charge in [-0.2, -0.15) is 0 Å². The van der Waals surface area contributed by atoms with Gasteiger partial charge < -0.3 is 5.32 Å². The summed E-state index contributed by atoms with van der Waals surface area (Å²) >= 11 is 0. The third kappa shape index (κ3) is 3.85. The molecule has 3 rings (SSSR count). The molecular formula is C15H24Cl2N2. The molecule has 1 N–H and O–H groups in total. The van der Waals surface area contributed by atoms with E-state index in [0.29, 0.717) is 0 Å². The fraction of sp³-hybridized carbons (Fsp3) is 0.600. The van der Waals surface area contributed by atoms with E-state index in [1.807, 2.05) is 0 Å². The molecule has 0 spiro atoms. The molecule has 0 aromatic heterocycles. The summed E-state index contributed by atoms with van der Waals surface area (Å²) in [6, 6.07) is 7.77. The molecule has 1 aliphatic carbocycles. The molecule has 108 valence electrons. The fourth-order valence-corrected chi connectivity index (χ4v) is 3.22. The zero-order valence-electron chi connectivity index (χ0n) is 11.5. The number of hydrogen-bond acceptors (Lipinski definition) is 2. The largest absolute Gasteiger partial charge is 0.314 e. The summed E-state index contributed by atoms with van der Waals surface area (Å²) in [5.41, 5.74) is 4.59. The van der Waals surface area contributed by atoms with Crippen molar-refractivity contribution in [3.05, 3.63) is 34.9 Å². The van der Waals surface area contributed by atoms with Gasteiger partial charge in [0, 0.05) is 32.2 Å². The smallest absolute Gasteiger partial charge is 0.0140 e. The molecule has 1 aliphatic heterocycles. The van der Waals surface area contributed by atoms with Crippen molar-refractivity contribution in [1.29, 1.82) is 0 Å². The van der Waals surface area contributed by atoms with Crippen molar-refractivity contribution in [3.63, 3.8) is 0 Å². The van der Waals surface area contributed by atoms with Crippen LogP contribution in [0, 0.1) is 6.92 Å². The number of nitrogens with one attached hydrogen (secondary N) is 1. The van der Waals surface area contributed by atoms with Gasteiger partial charge in [0.1, 0.15) is 0 Å². The molecular weight excluding hydrogens is 279 g/mol. The van der Waals surface area contributed by atoms with Crippen LogP contribution in [0.15, 0.2) is 18.2 Å². The van der Waals surface area contributed by atoms with Crippen LogP contribution in [0.4, 0.5) is 0 Å². The van der Waals surface area contributed by atoms with Gasteiger partial charge in [-0.25, -0.2) is 0 Å². The number of rotatable bonds is 1. The Morgan fingerprint density at radius 1 is 1.11 bits per heavy atom. The Hall–Kier alpha value is -0.280. The summed E-state index contributed by atoms with van der Waals surface area (Å²) in [6.07, 6.45) is 3.87. The average molecular weight is 303 g/mol. The first-order chi connectivity index (χ1) is 8.33. The van der Waals surface area contributed by atoms with Crippen molar-refractivity contribution in [3.8, 4) is 0 Å². The zero-order valence-corrected chi connectivity index (χ0v) is 13.2. The maximum absolute atomic E-state index is 3.44. The first-order valence-electron chi connectivity index (χ1n) is 6.86. The third-order valence-electron chi connectivity index (χ3n) is 4.23. The lowest BCUT2D eigenvalue weighted by molar-refractivity contribution is 0.159. The molecule has 0 amide bonds. The Bertz CT molecular complexity index is 403. The van der Waals surface area contributed by atoms with Gasteiger partial charge in [-0.3, -0.25) is 4.90 Å². The standard InChI is InChI=1S/C15H22N2.2ClH/c1-12-2-3-14-11-15(5-4-13(14)10-12)17-8-6-16-7-9-17;;/h2-3,10,15-16H,4-9,11H2,1H3;2*1H. The Kier molecular flexibility index (Phi) is 6.61. The lowest BCUT2D eigenvalue weighted by Crippen LogP contribution is -2.50. The molecule has 19 heavy (non-hydrogen) atoms. The van der Waals surface area contributed by atoms with Crippen molar-refractivity contribution in [2.24, 2.45) is 0 Å². The predicted octanol–water partition coefficient (Wildman–Crippen LogP) is 2.60. The van der Waals surface area contributed by atoms with Crippen molar-refractivity contribution in [2.45, 2.75) is 32.2 Å². The topological polar surface area (TPSA) is 15.3 Å². The van der Waals surface area contributed by atoms with Crippen LogP contribution in [0.3, 0.4) is 0 Å². The Labute approximate surface area is 128 Å². The molecule has 1 fully saturated rings. The van der Waals surface area contributed by atoms with E-state index in [9.17, 15) is 0 Å². The van der Waals surface area contributed by atoms with Gasteiger partial charge in [0.2, 0.25) is 0 Å². The molecule has 2 nitrogen and oxygen atoms in total. The lowest BCUT2D eigenvalue weighted by atomic mass is 9.86. The molecule has 1 atom stereocenters. The minimum atomic E-state index is 0. The fourth-order valence-electron chi connectivity index (χ4n) is 3.22. The van der Waals surface area contributed by atoms with E-state index in [1.165, 1.54) is 37.9 Å². The summed E-state index contributed by atoms with van der Waals surface area (Å²) in [5, 5.41) is 3.44. The highest BCUT2D eigenvalue weighted by atomic mass is 35.5. The van der Waals surface area contributed by atoms with Crippen LogP contribution >= 0.6 is 24.8 Å². The minimum absolute atomic E-state index is 0. The van der Waals surface area contributed by atoms with Crippen LogP contribution in [0.5, 0.6) is 0 Å². The highest BCUT2D eigenvalue weighted by Gasteiger charge is 2.24. The molecule has 1 unspecified atom stereocenters. The molecule has 0 saturated carbocycles. The lowest BCUT2D eigenvalue weighted by Gasteiger charge is -2.37. The van der Waals surface area contributed by atoms with E-state index in [2.05, 4.69) is 35.3 Å². The SMILES string of the molecule is Cc1ccc2c(c1)CCC(N1CCNCC1)C2.Cl.Cl. The molecule has 1 saturated heterocycles. The van der Waals surface area contributed by atoms with Crippen molar-refractivity contribution >= 4 is 24.8 Å². The maximum atomic E-state index is 3.44. The Balaban J connectivity index is 0.000000902. The van der Waals surface area contributed by atoms with Crippen LogP contribution in [-0.2, 0) is 12.8 Å². The van der Waals surface area contributed by atoms with Gasteiger partial charge in [-0.05, 0) is 37.3 Å². The summed E-state index contributed by atoms with van der Waals surface area (Å²) in [6.45, 7) is 6.98. The molecule has 0 bridgehead atoms. The monoisotopic (exact) mass is 302 g/mol. The number of aryl methyl sites for hydroxylation is 2. The average Bonchev–Trinajstić information content (AvgIpc) is 2.39. The first kappa shape index (κ1) is 16.8. The van der Waals surface area contributed by atoms with E-state index >= 15 is 0 Å². The second-order valence-corrected chi connectivity index (χ2v) is 5.45. The summed E-state index contributed by atoms with van der Waals surface area (Å²) < 4.78 is 0. The van der Waals surface area contributed by atoms with E-state index in [4.69, 9.17) is 0 Å². The molecule has 0 radical (unpaired) electrons. The van der Waals surface area contributed by atoms with Gasteiger partial charge in [0.15, 0.2) is 0 Å². The molecule has 2 aliphatic rings. The van der Waals surface area contributed by atoms with Gasteiger partial charge in [-0.15, -0.1) is 24.8 Å². The number of benzene rings is 1. The van der Waals surface area contributed by atoms with Crippen LogP contribution in [-0.4, -0.2) is 37.1 Å². The number of piperazine rings is 1. The van der Waals surface area contributed by atoms with Gasteiger partial charge >= 0.3 is 0 Å². The predicted molar refractivity (Wildman–Crippen MR) is 85.9 cm³/mol. The molecule has 4 heteroatoms. The first-order valence-corrected chi connectivity index (χ1v) is 6.86. The van der Waals surface area contributed by atoms with E-state index in [0.717, 1.165) is 19.1 Å². The normalized spacial score (nSPS) is 22.9. The van der Waals surface area contributed by atoms with Gasteiger partial charge in [-0.1, -0.05) is 23.8 Å². The zero-order chi connectivity index (χ0) is 11.7. The van der Waals surface area contributed by atoms with Gasteiger partial charge in [0.05, 0.1) is 0 Å². The Morgan fingerprint density at radius 3 is 2.58 bits per heavy atom. The van der Waals surface area contributed by atoms with Crippen molar-refractivity contribution in [1.82, 2.24) is 10.2 Å². The van der Waals surface area contributed by atoms with Crippen LogP contribution in [0.1, 0.15) is 23.1 Å². The minimum Gasteiger partial charge on any atom is -0.314 e. The van der Waals surface area contributed by atoms with Crippen LogP contribution in [0.2, 0.25) is 0 Å².